The van der Waals surface area contributed by atoms with Crippen LogP contribution in [-0.2, 0) is 4.79 Å². The second kappa shape index (κ2) is 5.53. The van der Waals surface area contributed by atoms with Crippen molar-refractivity contribution < 1.29 is 14.7 Å². The smallest absolute Gasteiger partial charge is 0.326 e. The topological polar surface area (TPSA) is 60.9 Å². The molecule has 2 amide bonds. The first kappa shape index (κ1) is 14.0. The highest BCUT2D eigenvalue weighted by Crippen LogP contribution is 2.15. The Kier molecular flexibility index (Phi) is 4.31. The number of anilines is 1. The highest BCUT2D eigenvalue weighted by Gasteiger charge is 2.24. The summed E-state index contributed by atoms with van der Waals surface area (Å²) in [4.78, 5) is 25.5. The van der Waals surface area contributed by atoms with Crippen molar-refractivity contribution in [3.8, 4) is 0 Å². The Bertz CT molecular complexity index is 442. The largest absolute Gasteiger partial charge is 0.480 e. The summed E-state index contributed by atoms with van der Waals surface area (Å²) in [7, 11) is 3.10. The van der Waals surface area contributed by atoms with Gasteiger partial charge in [0.05, 0.1) is 0 Å². The Morgan fingerprint density at radius 1 is 1.17 bits per heavy atom. The number of nitrogens with zero attached hydrogens (tertiary/aromatic N) is 2. The van der Waals surface area contributed by atoms with Gasteiger partial charge in [0.15, 0.2) is 0 Å². The molecule has 1 rings (SSSR count). The first-order chi connectivity index (χ1) is 8.34. The van der Waals surface area contributed by atoms with Crippen LogP contribution >= 0.6 is 0 Å². The minimum absolute atomic E-state index is 0.353. The first-order valence-corrected chi connectivity index (χ1v) is 5.64. The summed E-state index contributed by atoms with van der Waals surface area (Å²) < 4.78 is 0. The van der Waals surface area contributed by atoms with E-state index in [-0.39, 0.29) is 6.03 Å². The number of carboxylic acid groups (broad SMARTS) is 1. The molecule has 0 heterocycles. The predicted octanol–water partition coefficient (Wildman–Crippen LogP) is 1.96. The number of amides is 2. The summed E-state index contributed by atoms with van der Waals surface area (Å²) in [5.74, 6) is -1.02. The molecule has 1 aromatic carbocycles. The Morgan fingerprint density at radius 3 is 2.11 bits per heavy atom. The average molecular weight is 250 g/mol. The molecule has 0 bridgehead atoms. The number of aliphatic carboxylic acids is 1. The minimum atomic E-state index is -1.02. The van der Waals surface area contributed by atoms with E-state index in [1.165, 1.54) is 23.8 Å². The van der Waals surface area contributed by atoms with Gasteiger partial charge in [-0.05, 0) is 26.0 Å². The number of aryl methyl sites for hydroxylation is 1. The van der Waals surface area contributed by atoms with Crippen LogP contribution in [0.25, 0.3) is 0 Å². The van der Waals surface area contributed by atoms with E-state index in [2.05, 4.69) is 0 Å². The monoisotopic (exact) mass is 250 g/mol. The molecule has 1 N–H and O–H groups in total. The molecule has 0 aliphatic heterocycles. The highest BCUT2D eigenvalue weighted by atomic mass is 16.4. The molecule has 0 fully saturated rings. The fourth-order valence-corrected chi connectivity index (χ4v) is 1.45. The third-order valence-corrected chi connectivity index (χ3v) is 2.95. The maximum atomic E-state index is 12.1. The van der Waals surface area contributed by atoms with E-state index in [1.54, 1.807) is 7.05 Å². The first-order valence-electron chi connectivity index (χ1n) is 5.64. The van der Waals surface area contributed by atoms with Crippen LogP contribution in [0.3, 0.4) is 0 Å². The molecule has 0 radical (unpaired) electrons. The normalized spacial score (nSPS) is 11.8. The number of hydrogen-bond donors (Lipinski definition) is 1. The van der Waals surface area contributed by atoms with E-state index in [0.717, 1.165) is 11.3 Å². The van der Waals surface area contributed by atoms with Gasteiger partial charge in [-0.3, -0.25) is 4.90 Å². The van der Waals surface area contributed by atoms with Crippen molar-refractivity contribution in [2.75, 3.05) is 19.0 Å². The number of urea groups is 1. The fourth-order valence-electron chi connectivity index (χ4n) is 1.45. The van der Waals surface area contributed by atoms with Crippen LogP contribution in [0, 0.1) is 6.92 Å². The molecule has 0 aliphatic rings. The Hall–Kier alpha value is -2.04. The van der Waals surface area contributed by atoms with Gasteiger partial charge in [-0.25, -0.2) is 9.59 Å². The van der Waals surface area contributed by atoms with Gasteiger partial charge in [0.2, 0.25) is 0 Å². The molecule has 0 aromatic heterocycles. The Morgan fingerprint density at radius 2 is 1.67 bits per heavy atom. The second-order valence-electron chi connectivity index (χ2n) is 4.30. The van der Waals surface area contributed by atoms with Crippen molar-refractivity contribution in [3.05, 3.63) is 29.8 Å². The van der Waals surface area contributed by atoms with Crippen molar-refractivity contribution in [1.82, 2.24) is 4.90 Å². The van der Waals surface area contributed by atoms with E-state index >= 15 is 0 Å². The van der Waals surface area contributed by atoms with Crippen molar-refractivity contribution >= 4 is 17.7 Å². The third kappa shape index (κ3) is 3.00. The summed E-state index contributed by atoms with van der Waals surface area (Å²) in [6.07, 6.45) is 0. The number of carboxylic acids is 1. The molecule has 0 saturated heterocycles. The standard InChI is InChI=1S/C13H18N2O3/c1-9-5-7-11(8-6-9)15(4)13(18)14(3)10(2)12(16)17/h5-8,10H,1-4H3,(H,16,17). The minimum Gasteiger partial charge on any atom is -0.480 e. The van der Waals surface area contributed by atoms with Crippen molar-refractivity contribution in [1.29, 1.82) is 0 Å². The summed E-state index contributed by atoms with van der Waals surface area (Å²) in [5.41, 5.74) is 1.84. The SMILES string of the molecule is Cc1ccc(N(C)C(=O)N(C)C(C)C(=O)O)cc1. The van der Waals surface area contributed by atoms with Crippen molar-refractivity contribution in [2.45, 2.75) is 19.9 Å². The zero-order valence-electron chi connectivity index (χ0n) is 11.0. The van der Waals surface area contributed by atoms with E-state index in [1.807, 2.05) is 31.2 Å². The van der Waals surface area contributed by atoms with Crippen LogP contribution in [0.15, 0.2) is 24.3 Å². The highest BCUT2D eigenvalue weighted by molar-refractivity contribution is 5.93. The van der Waals surface area contributed by atoms with Crippen LogP contribution in [0.4, 0.5) is 10.5 Å². The number of rotatable bonds is 3. The summed E-state index contributed by atoms with van der Waals surface area (Å²) in [6, 6.07) is 6.25. The number of carbonyl (C=O) groups excluding carboxylic acids is 1. The quantitative estimate of drug-likeness (QED) is 0.892. The van der Waals surface area contributed by atoms with E-state index < -0.39 is 12.0 Å². The fraction of sp³-hybridized carbons (Fsp3) is 0.385. The molecule has 18 heavy (non-hydrogen) atoms. The summed E-state index contributed by atoms with van der Waals surface area (Å²) in [6.45, 7) is 3.44. The van der Waals surface area contributed by atoms with Gasteiger partial charge in [0, 0.05) is 19.8 Å². The number of carbonyl (C=O) groups is 2. The molecule has 5 nitrogen and oxygen atoms in total. The van der Waals surface area contributed by atoms with Crippen LogP contribution in [-0.4, -0.2) is 42.1 Å². The zero-order valence-corrected chi connectivity index (χ0v) is 11.0. The van der Waals surface area contributed by atoms with Gasteiger partial charge >= 0.3 is 12.0 Å². The second-order valence-corrected chi connectivity index (χ2v) is 4.30. The lowest BCUT2D eigenvalue weighted by Gasteiger charge is -2.27. The molecule has 0 aliphatic carbocycles. The summed E-state index contributed by atoms with van der Waals surface area (Å²) >= 11 is 0. The Labute approximate surface area is 107 Å². The van der Waals surface area contributed by atoms with Gasteiger partial charge in [0.1, 0.15) is 6.04 Å². The number of likely N-dealkylation sites (N-methyl/N-ethyl adjacent to an activating group) is 1. The molecule has 5 heteroatoms. The molecule has 1 atom stereocenters. The average Bonchev–Trinajstić information content (AvgIpc) is 2.36. The predicted molar refractivity (Wildman–Crippen MR) is 69.8 cm³/mol. The maximum Gasteiger partial charge on any atom is 0.326 e. The summed E-state index contributed by atoms with van der Waals surface area (Å²) in [5, 5.41) is 8.88. The van der Waals surface area contributed by atoms with Gasteiger partial charge in [0.25, 0.3) is 0 Å². The molecule has 1 aromatic rings. The van der Waals surface area contributed by atoms with Crippen molar-refractivity contribution in [3.63, 3.8) is 0 Å². The maximum absolute atomic E-state index is 12.1. The molecular formula is C13H18N2O3. The van der Waals surface area contributed by atoms with Crippen molar-refractivity contribution in [2.24, 2.45) is 0 Å². The van der Waals surface area contributed by atoms with Crippen LogP contribution in [0.2, 0.25) is 0 Å². The van der Waals surface area contributed by atoms with Gasteiger partial charge in [-0.2, -0.15) is 0 Å². The molecule has 0 saturated carbocycles. The van der Waals surface area contributed by atoms with Crippen LogP contribution in [0.5, 0.6) is 0 Å². The lowest BCUT2D eigenvalue weighted by Crippen LogP contribution is -2.46. The van der Waals surface area contributed by atoms with E-state index in [0.29, 0.717) is 0 Å². The Balaban J connectivity index is 2.84. The lowest BCUT2D eigenvalue weighted by atomic mass is 10.2. The van der Waals surface area contributed by atoms with Gasteiger partial charge in [-0.1, -0.05) is 17.7 Å². The number of benzene rings is 1. The lowest BCUT2D eigenvalue weighted by molar-refractivity contribution is -0.141. The number of hydrogen-bond acceptors (Lipinski definition) is 2. The molecule has 0 spiro atoms. The van der Waals surface area contributed by atoms with Crippen LogP contribution < -0.4 is 4.90 Å². The van der Waals surface area contributed by atoms with E-state index in [9.17, 15) is 9.59 Å². The van der Waals surface area contributed by atoms with Gasteiger partial charge in [-0.15, -0.1) is 0 Å². The molecular weight excluding hydrogens is 232 g/mol. The third-order valence-electron chi connectivity index (χ3n) is 2.95. The van der Waals surface area contributed by atoms with Gasteiger partial charge < -0.3 is 10.0 Å². The molecule has 1 unspecified atom stereocenters. The zero-order chi connectivity index (χ0) is 13.9. The van der Waals surface area contributed by atoms with Crippen LogP contribution in [0.1, 0.15) is 12.5 Å². The van der Waals surface area contributed by atoms with E-state index in [4.69, 9.17) is 5.11 Å². The molecule has 98 valence electrons.